The highest BCUT2D eigenvalue weighted by Gasteiger charge is 2.23. The number of benzene rings is 1. The zero-order valence-electron chi connectivity index (χ0n) is 11.4. The third-order valence-corrected chi connectivity index (χ3v) is 3.59. The van der Waals surface area contributed by atoms with Gasteiger partial charge in [0.1, 0.15) is 0 Å². The first-order valence-corrected chi connectivity index (χ1v) is 6.87. The lowest BCUT2D eigenvalue weighted by molar-refractivity contribution is -0.126. The first kappa shape index (κ1) is 16.0. The van der Waals surface area contributed by atoms with Crippen LogP contribution < -0.4 is 10.6 Å². The molecule has 0 aromatic heterocycles. The van der Waals surface area contributed by atoms with E-state index in [9.17, 15) is 4.79 Å². The molecular weight excluding hydrogens is 260 g/mol. The molecule has 3 nitrogen and oxygen atoms in total. The third kappa shape index (κ3) is 4.51. The molecule has 0 aliphatic carbocycles. The number of halogens is 1. The predicted molar refractivity (Wildman–Crippen MR) is 80.5 cm³/mol. The molecule has 4 heteroatoms. The molecule has 2 atom stereocenters. The second-order valence-corrected chi connectivity index (χ2v) is 4.92. The van der Waals surface area contributed by atoms with Crippen molar-refractivity contribution in [1.29, 1.82) is 0 Å². The summed E-state index contributed by atoms with van der Waals surface area (Å²) in [6, 6.07) is 10.3. The van der Waals surface area contributed by atoms with Gasteiger partial charge in [-0.3, -0.25) is 4.79 Å². The quantitative estimate of drug-likeness (QED) is 0.891. The Hall–Kier alpha value is -1.06. The summed E-state index contributed by atoms with van der Waals surface area (Å²) in [6.45, 7) is 3.97. The van der Waals surface area contributed by atoms with E-state index < -0.39 is 0 Å². The molecule has 1 heterocycles. The van der Waals surface area contributed by atoms with Gasteiger partial charge in [-0.1, -0.05) is 37.3 Å². The molecule has 1 fully saturated rings. The number of carbonyl (C=O) groups is 1. The monoisotopic (exact) mass is 282 g/mol. The van der Waals surface area contributed by atoms with Gasteiger partial charge in [-0.05, 0) is 31.4 Å². The van der Waals surface area contributed by atoms with Crippen molar-refractivity contribution in [2.24, 2.45) is 5.92 Å². The van der Waals surface area contributed by atoms with Gasteiger partial charge in [0.05, 0.1) is 12.0 Å². The Bertz CT molecular complexity index is 377. The molecule has 0 radical (unpaired) electrons. The Kier molecular flexibility index (Phi) is 6.89. The number of carbonyl (C=O) groups excluding carboxylic acids is 1. The number of hydrogen-bond donors (Lipinski definition) is 2. The smallest absolute Gasteiger partial charge is 0.224 e. The molecule has 1 amide bonds. The van der Waals surface area contributed by atoms with Gasteiger partial charge in [0.2, 0.25) is 5.91 Å². The van der Waals surface area contributed by atoms with Crippen molar-refractivity contribution in [3.05, 3.63) is 35.9 Å². The van der Waals surface area contributed by atoms with Crippen molar-refractivity contribution in [2.75, 3.05) is 13.1 Å². The summed E-state index contributed by atoms with van der Waals surface area (Å²) in [7, 11) is 0. The maximum atomic E-state index is 12.2. The van der Waals surface area contributed by atoms with E-state index in [2.05, 4.69) is 29.7 Å². The molecular formula is C15H23ClN2O. The zero-order valence-corrected chi connectivity index (χ0v) is 12.2. The van der Waals surface area contributed by atoms with E-state index in [1.807, 2.05) is 18.2 Å². The van der Waals surface area contributed by atoms with Gasteiger partial charge in [0.25, 0.3) is 0 Å². The molecule has 1 saturated heterocycles. The van der Waals surface area contributed by atoms with E-state index >= 15 is 0 Å². The summed E-state index contributed by atoms with van der Waals surface area (Å²) in [4.78, 5) is 12.2. The first-order chi connectivity index (χ1) is 8.81. The van der Waals surface area contributed by atoms with E-state index in [-0.39, 0.29) is 30.3 Å². The van der Waals surface area contributed by atoms with Crippen LogP contribution in [0.5, 0.6) is 0 Å². The van der Waals surface area contributed by atoms with E-state index in [1.165, 1.54) is 5.56 Å². The van der Waals surface area contributed by atoms with Crippen molar-refractivity contribution >= 4 is 18.3 Å². The summed E-state index contributed by atoms with van der Waals surface area (Å²) in [5.74, 6) is 0.328. The second kappa shape index (κ2) is 8.18. The van der Waals surface area contributed by atoms with E-state index in [0.717, 1.165) is 32.4 Å². The second-order valence-electron chi connectivity index (χ2n) is 4.92. The van der Waals surface area contributed by atoms with Crippen LogP contribution in [0.25, 0.3) is 0 Å². The predicted octanol–water partition coefficient (Wildman–Crippen LogP) is 2.68. The molecule has 0 saturated carbocycles. The Balaban J connectivity index is 0.00000180. The Morgan fingerprint density at radius 2 is 2.16 bits per heavy atom. The number of rotatable bonds is 4. The Morgan fingerprint density at radius 1 is 1.42 bits per heavy atom. The van der Waals surface area contributed by atoms with Gasteiger partial charge in [-0.25, -0.2) is 0 Å². The average molecular weight is 283 g/mol. The molecule has 2 N–H and O–H groups in total. The number of nitrogens with one attached hydrogen (secondary N) is 2. The standard InChI is InChI=1S/C15H22N2O.ClH/c1-2-14(12-7-4-3-5-8-12)17-15(18)13-9-6-10-16-11-13;/h3-5,7-8,13-14,16H,2,6,9-11H2,1H3,(H,17,18);1H/t13-,14?;/m1./s1. The van der Waals surface area contributed by atoms with Crippen LogP contribution in [0, 0.1) is 5.92 Å². The van der Waals surface area contributed by atoms with Crippen LogP contribution in [0.2, 0.25) is 0 Å². The first-order valence-electron chi connectivity index (χ1n) is 6.87. The van der Waals surface area contributed by atoms with Crippen LogP contribution in [-0.4, -0.2) is 19.0 Å². The molecule has 2 rings (SSSR count). The van der Waals surface area contributed by atoms with Crippen LogP contribution in [0.3, 0.4) is 0 Å². The van der Waals surface area contributed by atoms with Crippen LogP contribution >= 0.6 is 12.4 Å². The molecule has 106 valence electrons. The molecule has 0 bridgehead atoms. The minimum Gasteiger partial charge on any atom is -0.349 e. The van der Waals surface area contributed by atoms with Crippen molar-refractivity contribution in [1.82, 2.24) is 10.6 Å². The summed E-state index contributed by atoms with van der Waals surface area (Å²) < 4.78 is 0. The summed E-state index contributed by atoms with van der Waals surface area (Å²) >= 11 is 0. The fourth-order valence-electron chi connectivity index (χ4n) is 2.47. The third-order valence-electron chi connectivity index (χ3n) is 3.59. The van der Waals surface area contributed by atoms with Gasteiger partial charge in [0, 0.05) is 6.54 Å². The fourth-order valence-corrected chi connectivity index (χ4v) is 2.47. The lowest BCUT2D eigenvalue weighted by atomic mass is 9.97. The van der Waals surface area contributed by atoms with Gasteiger partial charge in [-0.2, -0.15) is 0 Å². The highest BCUT2D eigenvalue weighted by Crippen LogP contribution is 2.18. The number of piperidine rings is 1. The maximum Gasteiger partial charge on any atom is 0.224 e. The Labute approximate surface area is 121 Å². The lowest BCUT2D eigenvalue weighted by Gasteiger charge is -2.25. The molecule has 0 spiro atoms. The van der Waals surface area contributed by atoms with Crippen molar-refractivity contribution < 1.29 is 4.79 Å². The largest absolute Gasteiger partial charge is 0.349 e. The SMILES string of the molecule is CCC(NC(=O)[C@@H]1CCCNC1)c1ccccc1.Cl. The normalized spacial score (nSPS) is 20.2. The van der Waals surface area contributed by atoms with Crippen molar-refractivity contribution in [3.8, 4) is 0 Å². The summed E-state index contributed by atoms with van der Waals surface area (Å²) in [5, 5.41) is 6.46. The molecule has 1 aliphatic rings. The van der Waals surface area contributed by atoms with Gasteiger partial charge < -0.3 is 10.6 Å². The highest BCUT2D eigenvalue weighted by atomic mass is 35.5. The minimum absolute atomic E-state index is 0. The molecule has 1 aromatic rings. The van der Waals surface area contributed by atoms with Crippen LogP contribution in [0.1, 0.15) is 37.8 Å². The van der Waals surface area contributed by atoms with Crippen molar-refractivity contribution in [3.63, 3.8) is 0 Å². The average Bonchev–Trinajstić information content (AvgIpc) is 2.46. The molecule has 1 aliphatic heterocycles. The maximum absolute atomic E-state index is 12.2. The topological polar surface area (TPSA) is 41.1 Å². The van der Waals surface area contributed by atoms with Crippen molar-refractivity contribution in [2.45, 2.75) is 32.2 Å². The molecule has 1 aromatic carbocycles. The summed E-state index contributed by atoms with van der Waals surface area (Å²) in [6.07, 6.45) is 3.03. The van der Waals surface area contributed by atoms with E-state index in [4.69, 9.17) is 0 Å². The van der Waals surface area contributed by atoms with E-state index in [0.29, 0.717) is 0 Å². The Morgan fingerprint density at radius 3 is 2.74 bits per heavy atom. The number of amides is 1. The molecule has 1 unspecified atom stereocenters. The molecule has 19 heavy (non-hydrogen) atoms. The van der Waals surface area contributed by atoms with E-state index in [1.54, 1.807) is 0 Å². The van der Waals surface area contributed by atoms with Gasteiger partial charge in [-0.15, -0.1) is 12.4 Å². The number of hydrogen-bond acceptors (Lipinski definition) is 2. The summed E-state index contributed by atoms with van der Waals surface area (Å²) in [5.41, 5.74) is 1.19. The fraction of sp³-hybridized carbons (Fsp3) is 0.533. The van der Waals surface area contributed by atoms with Crippen LogP contribution in [0.4, 0.5) is 0 Å². The highest BCUT2D eigenvalue weighted by molar-refractivity contribution is 5.85. The van der Waals surface area contributed by atoms with Gasteiger partial charge >= 0.3 is 0 Å². The van der Waals surface area contributed by atoms with Crippen LogP contribution in [0.15, 0.2) is 30.3 Å². The lowest BCUT2D eigenvalue weighted by Crippen LogP contribution is -2.41. The van der Waals surface area contributed by atoms with Gasteiger partial charge in [0.15, 0.2) is 0 Å². The van der Waals surface area contributed by atoms with Crippen LogP contribution in [-0.2, 0) is 4.79 Å². The zero-order chi connectivity index (χ0) is 12.8. The minimum atomic E-state index is 0.